The van der Waals surface area contributed by atoms with Crippen molar-refractivity contribution in [2.24, 2.45) is 0 Å². The molecule has 1 atom stereocenters. The zero-order chi connectivity index (χ0) is 24.3. The van der Waals surface area contributed by atoms with E-state index in [1.54, 1.807) is 23.7 Å². The molecule has 3 rings (SSSR count). The van der Waals surface area contributed by atoms with E-state index in [1.807, 2.05) is 85.8 Å². The van der Waals surface area contributed by atoms with Gasteiger partial charge in [-0.3, -0.25) is 9.59 Å². The second kappa shape index (κ2) is 13.2. The van der Waals surface area contributed by atoms with Gasteiger partial charge >= 0.3 is 0 Å². The monoisotopic (exact) mass is 494 g/mol. The van der Waals surface area contributed by atoms with Crippen LogP contribution in [0.5, 0.6) is 0 Å². The van der Waals surface area contributed by atoms with Crippen LogP contribution in [0.4, 0.5) is 0 Å². The van der Waals surface area contributed by atoms with E-state index in [4.69, 9.17) is 11.6 Å². The molecule has 6 heteroatoms. The van der Waals surface area contributed by atoms with E-state index in [0.29, 0.717) is 24.4 Å². The number of hydrogen-bond acceptors (Lipinski definition) is 3. The molecular weight excluding hydrogens is 464 g/mol. The number of aryl methyl sites for hydroxylation is 1. The number of likely N-dealkylation sites (N-methyl/N-ethyl adjacent to an activating group) is 1. The Morgan fingerprint density at radius 1 is 0.971 bits per heavy atom. The predicted molar refractivity (Wildman–Crippen MR) is 141 cm³/mol. The summed E-state index contributed by atoms with van der Waals surface area (Å²) < 4.78 is 0. The van der Waals surface area contributed by atoms with Crippen molar-refractivity contribution < 1.29 is 9.59 Å². The van der Waals surface area contributed by atoms with Crippen LogP contribution in [0.3, 0.4) is 0 Å². The van der Waals surface area contributed by atoms with Gasteiger partial charge in [0.2, 0.25) is 11.8 Å². The van der Waals surface area contributed by atoms with Crippen molar-refractivity contribution >= 4 is 35.2 Å². The van der Waals surface area contributed by atoms with Crippen molar-refractivity contribution in [3.8, 4) is 0 Å². The maximum atomic E-state index is 13.5. The number of nitrogens with one attached hydrogen (secondary N) is 1. The molecule has 0 heterocycles. The molecule has 0 saturated carbocycles. The van der Waals surface area contributed by atoms with E-state index in [2.05, 4.69) is 5.32 Å². The Kier molecular flexibility index (Phi) is 10.0. The van der Waals surface area contributed by atoms with Crippen molar-refractivity contribution in [2.45, 2.75) is 43.7 Å². The summed E-state index contributed by atoms with van der Waals surface area (Å²) in [5.41, 5.74) is 3.18. The molecule has 4 nitrogen and oxygen atoms in total. The van der Waals surface area contributed by atoms with Crippen molar-refractivity contribution in [1.82, 2.24) is 10.2 Å². The quantitative estimate of drug-likeness (QED) is 0.266. The van der Waals surface area contributed by atoms with Gasteiger partial charge in [-0.1, -0.05) is 66.2 Å². The summed E-state index contributed by atoms with van der Waals surface area (Å²) in [5, 5.41) is 3.48. The molecule has 0 fully saturated rings. The summed E-state index contributed by atoms with van der Waals surface area (Å²) in [6, 6.07) is 25.0. The van der Waals surface area contributed by atoms with Crippen LogP contribution < -0.4 is 5.32 Å². The van der Waals surface area contributed by atoms with Crippen molar-refractivity contribution in [3.63, 3.8) is 0 Å². The summed E-state index contributed by atoms with van der Waals surface area (Å²) >= 11 is 7.66. The minimum absolute atomic E-state index is 0.00973. The number of rotatable bonds is 11. The van der Waals surface area contributed by atoms with Crippen LogP contribution >= 0.6 is 23.4 Å². The fourth-order valence-corrected chi connectivity index (χ4v) is 4.76. The Hall–Kier alpha value is -2.76. The molecule has 2 amide bonds. The first kappa shape index (κ1) is 25.9. The molecule has 0 bridgehead atoms. The van der Waals surface area contributed by atoms with Crippen molar-refractivity contribution in [2.75, 3.05) is 12.8 Å². The SMILES string of the molecule is CNC(=O)[C@@H](Cc1ccccc1)N(Cc1ccccc1C)C(=O)CCCSc1ccc(Cl)cc1. The van der Waals surface area contributed by atoms with Crippen LogP contribution in [0.2, 0.25) is 5.02 Å². The van der Waals surface area contributed by atoms with E-state index in [9.17, 15) is 9.59 Å². The summed E-state index contributed by atoms with van der Waals surface area (Å²) in [6.07, 6.45) is 1.58. The normalized spacial score (nSPS) is 11.6. The molecule has 3 aromatic rings. The third-order valence-electron chi connectivity index (χ3n) is 5.74. The van der Waals surface area contributed by atoms with E-state index in [-0.39, 0.29) is 11.8 Å². The van der Waals surface area contributed by atoms with E-state index >= 15 is 0 Å². The van der Waals surface area contributed by atoms with E-state index in [0.717, 1.165) is 33.8 Å². The first-order valence-corrected chi connectivity index (χ1v) is 12.8. The summed E-state index contributed by atoms with van der Waals surface area (Å²) in [4.78, 5) is 29.3. The lowest BCUT2D eigenvalue weighted by molar-refractivity contribution is -0.141. The molecule has 0 saturated heterocycles. The molecule has 0 radical (unpaired) electrons. The second-order valence-corrected chi connectivity index (χ2v) is 9.78. The average Bonchev–Trinajstić information content (AvgIpc) is 2.86. The van der Waals surface area contributed by atoms with Gasteiger partial charge in [-0.05, 0) is 60.1 Å². The summed E-state index contributed by atoms with van der Waals surface area (Å²) in [6.45, 7) is 2.44. The van der Waals surface area contributed by atoms with Gasteiger partial charge in [0.15, 0.2) is 0 Å². The number of halogens is 1. The second-order valence-electron chi connectivity index (χ2n) is 8.17. The fourth-order valence-electron chi connectivity index (χ4n) is 3.78. The Bertz CT molecular complexity index is 1070. The van der Waals surface area contributed by atoms with Crippen LogP contribution in [0.15, 0.2) is 83.8 Å². The molecule has 0 aliphatic rings. The third-order valence-corrected chi connectivity index (χ3v) is 7.09. The maximum absolute atomic E-state index is 13.5. The third kappa shape index (κ3) is 7.64. The lowest BCUT2D eigenvalue weighted by Crippen LogP contribution is -2.49. The van der Waals surface area contributed by atoms with Gasteiger partial charge in [0, 0.05) is 36.4 Å². The highest BCUT2D eigenvalue weighted by Crippen LogP contribution is 2.23. The molecule has 3 aromatic carbocycles. The Balaban J connectivity index is 1.75. The highest BCUT2D eigenvalue weighted by atomic mass is 35.5. The Labute approximate surface area is 211 Å². The van der Waals surface area contributed by atoms with Gasteiger partial charge in [-0.2, -0.15) is 0 Å². The van der Waals surface area contributed by atoms with Crippen LogP contribution in [0.1, 0.15) is 29.5 Å². The Morgan fingerprint density at radius 3 is 2.32 bits per heavy atom. The number of amides is 2. The number of thioether (sulfide) groups is 1. The number of carbonyl (C=O) groups is 2. The van der Waals surface area contributed by atoms with Crippen LogP contribution in [0.25, 0.3) is 0 Å². The minimum Gasteiger partial charge on any atom is -0.357 e. The van der Waals surface area contributed by atoms with Gasteiger partial charge in [0.25, 0.3) is 0 Å². The number of carbonyl (C=O) groups excluding carboxylic acids is 2. The number of nitrogens with zero attached hydrogens (tertiary/aromatic N) is 1. The minimum atomic E-state index is -0.580. The molecule has 0 aromatic heterocycles. The average molecular weight is 495 g/mol. The van der Waals surface area contributed by atoms with Crippen LogP contribution in [0, 0.1) is 6.92 Å². The molecule has 0 spiro atoms. The Morgan fingerprint density at radius 2 is 1.65 bits per heavy atom. The highest BCUT2D eigenvalue weighted by molar-refractivity contribution is 7.99. The van der Waals surface area contributed by atoms with Gasteiger partial charge in [0.1, 0.15) is 6.04 Å². The number of hydrogen-bond donors (Lipinski definition) is 1. The molecule has 0 unspecified atom stereocenters. The summed E-state index contributed by atoms with van der Waals surface area (Å²) in [5.74, 6) is 0.653. The molecule has 0 aliphatic heterocycles. The zero-order valence-corrected chi connectivity index (χ0v) is 21.2. The standard InChI is InChI=1S/C28H31ClN2O2S/c1-21-9-6-7-12-23(21)20-31(26(28(33)30-2)19-22-10-4-3-5-11-22)27(32)13-8-18-34-25-16-14-24(29)15-17-25/h3-7,9-12,14-17,26H,8,13,18-20H2,1-2H3,(H,30,33)/t26-/m1/s1. The molecule has 34 heavy (non-hydrogen) atoms. The maximum Gasteiger partial charge on any atom is 0.242 e. The predicted octanol–water partition coefficient (Wildman–Crippen LogP) is 5.91. The first-order valence-electron chi connectivity index (χ1n) is 11.5. The molecular formula is C28H31ClN2O2S. The lowest BCUT2D eigenvalue weighted by atomic mass is 10.0. The van der Waals surface area contributed by atoms with Crippen LogP contribution in [-0.2, 0) is 22.6 Å². The highest BCUT2D eigenvalue weighted by Gasteiger charge is 2.29. The lowest BCUT2D eigenvalue weighted by Gasteiger charge is -2.31. The van der Waals surface area contributed by atoms with Crippen molar-refractivity contribution in [1.29, 1.82) is 0 Å². The molecule has 178 valence electrons. The fraction of sp³-hybridized carbons (Fsp3) is 0.286. The summed E-state index contributed by atoms with van der Waals surface area (Å²) in [7, 11) is 1.62. The zero-order valence-electron chi connectivity index (χ0n) is 19.7. The molecule has 0 aliphatic carbocycles. The number of benzene rings is 3. The van der Waals surface area contributed by atoms with E-state index < -0.39 is 6.04 Å². The largest absolute Gasteiger partial charge is 0.357 e. The topological polar surface area (TPSA) is 49.4 Å². The smallest absolute Gasteiger partial charge is 0.242 e. The van der Waals surface area contributed by atoms with Gasteiger partial charge in [-0.25, -0.2) is 0 Å². The van der Waals surface area contributed by atoms with Crippen LogP contribution in [-0.4, -0.2) is 35.6 Å². The van der Waals surface area contributed by atoms with Gasteiger partial charge < -0.3 is 10.2 Å². The van der Waals surface area contributed by atoms with Crippen molar-refractivity contribution in [3.05, 3.63) is 101 Å². The first-order chi connectivity index (χ1) is 16.5. The van der Waals surface area contributed by atoms with E-state index in [1.165, 1.54) is 0 Å². The van der Waals surface area contributed by atoms with Gasteiger partial charge in [0.05, 0.1) is 0 Å². The molecule has 1 N–H and O–H groups in total. The van der Waals surface area contributed by atoms with Gasteiger partial charge in [-0.15, -0.1) is 11.8 Å².